The number of rotatable bonds is 3. The molecule has 1 rings (SSSR count). The Morgan fingerprint density at radius 2 is 2.36 bits per heavy atom. The van der Waals surface area contributed by atoms with Crippen LogP contribution in [-0.4, -0.2) is 6.04 Å². The van der Waals surface area contributed by atoms with Crippen LogP contribution in [0.25, 0.3) is 0 Å². The van der Waals surface area contributed by atoms with E-state index < -0.39 is 5.82 Å². The van der Waals surface area contributed by atoms with Crippen molar-refractivity contribution < 1.29 is 4.39 Å². The molecule has 0 aliphatic heterocycles. The first-order valence-corrected chi connectivity index (χ1v) is 4.66. The van der Waals surface area contributed by atoms with E-state index in [2.05, 4.69) is 11.4 Å². The largest absolute Gasteiger partial charge is 0.370 e. The molecule has 0 aliphatic rings. The monoisotopic (exact) mass is 212 g/mol. The summed E-state index contributed by atoms with van der Waals surface area (Å²) in [5, 5.41) is 11.7. The lowest BCUT2D eigenvalue weighted by Crippen LogP contribution is -2.15. The molecule has 1 N–H and O–H groups in total. The van der Waals surface area contributed by atoms with Gasteiger partial charge in [-0.1, -0.05) is 18.5 Å². The van der Waals surface area contributed by atoms with Crippen LogP contribution in [0.3, 0.4) is 0 Å². The van der Waals surface area contributed by atoms with E-state index in [1.807, 2.05) is 6.92 Å². The predicted octanol–water partition coefficient (Wildman–Crippen LogP) is 3.19. The van der Waals surface area contributed by atoms with Crippen molar-refractivity contribution >= 4 is 17.3 Å². The lowest BCUT2D eigenvalue weighted by molar-refractivity contribution is 0.628. The average Bonchev–Trinajstić information content (AvgIpc) is 2.19. The Balaban J connectivity index is 2.78. The Hall–Kier alpha value is -1.27. The van der Waals surface area contributed by atoms with Gasteiger partial charge in [0.25, 0.3) is 0 Å². The van der Waals surface area contributed by atoms with Crippen LogP contribution in [0.15, 0.2) is 18.2 Å². The molecule has 0 saturated heterocycles. The van der Waals surface area contributed by atoms with Crippen molar-refractivity contribution in [2.75, 3.05) is 5.32 Å². The number of benzene rings is 1. The maximum Gasteiger partial charge on any atom is 0.141 e. The van der Waals surface area contributed by atoms with Crippen LogP contribution in [0.2, 0.25) is 5.02 Å². The van der Waals surface area contributed by atoms with Crippen molar-refractivity contribution in [3.8, 4) is 6.07 Å². The predicted molar refractivity (Wildman–Crippen MR) is 54.7 cm³/mol. The first kappa shape index (κ1) is 10.8. The first-order valence-electron chi connectivity index (χ1n) is 4.28. The number of halogens is 2. The summed E-state index contributed by atoms with van der Waals surface area (Å²) in [6.07, 6.45) is 0.686. The zero-order chi connectivity index (χ0) is 10.6. The second-order valence-electron chi connectivity index (χ2n) is 2.86. The van der Waals surface area contributed by atoms with Gasteiger partial charge in [-0.3, -0.25) is 0 Å². The van der Waals surface area contributed by atoms with Crippen LogP contribution in [0.4, 0.5) is 10.1 Å². The molecule has 74 valence electrons. The molecule has 14 heavy (non-hydrogen) atoms. The number of hydrogen-bond donors (Lipinski definition) is 1. The lowest BCUT2D eigenvalue weighted by atomic mass is 10.2. The fourth-order valence-corrected chi connectivity index (χ4v) is 1.19. The third-order valence-electron chi connectivity index (χ3n) is 1.82. The molecule has 0 heterocycles. The van der Waals surface area contributed by atoms with Crippen molar-refractivity contribution in [2.24, 2.45) is 0 Å². The van der Waals surface area contributed by atoms with E-state index in [1.165, 1.54) is 12.1 Å². The minimum atomic E-state index is -0.456. The fraction of sp³-hybridized carbons (Fsp3) is 0.300. The minimum absolute atomic E-state index is 0.0581. The quantitative estimate of drug-likeness (QED) is 0.835. The van der Waals surface area contributed by atoms with Gasteiger partial charge in [0.05, 0.1) is 11.1 Å². The zero-order valence-corrected chi connectivity index (χ0v) is 8.48. The topological polar surface area (TPSA) is 35.8 Å². The fourth-order valence-electron chi connectivity index (χ4n) is 1.01. The molecule has 0 saturated carbocycles. The highest BCUT2D eigenvalue weighted by atomic mass is 35.5. The summed E-state index contributed by atoms with van der Waals surface area (Å²) in [7, 11) is 0. The first-order chi connectivity index (χ1) is 6.67. The second-order valence-corrected chi connectivity index (χ2v) is 3.27. The van der Waals surface area contributed by atoms with E-state index in [9.17, 15) is 4.39 Å². The molecule has 0 bridgehead atoms. The average molecular weight is 213 g/mol. The van der Waals surface area contributed by atoms with E-state index in [1.54, 1.807) is 6.07 Å². The molecule has 0 fully saturated rings. The van der Waals surface area contributed by atoms with Gasteiger partial charge < -0.3 is 5.32 Å². The normalized spacial score (nSPS) is 11.9. The molecule has 0 spiro atoms. The van der Waals surface area contributed by atoms with Gasteiger partial charge in [-0.25, -0.2) is 4.39 Å². The maximum atomic E-state index is 12.8. The summed E-state index contributed by atoms with van der Waals surface area (Å²) in [6, 6.07) is 6.12. The van der Waals surface area contributed by atoms with Crippen molar-refractivity contribution in [1.82, 2.24) is 0 Å². The van der Waals surface area contributed by atoms with Crippen molar-refractivity contribution in [2.45, 2.75) is 19.4 Å². The van der Waals surface area contributed by atoms with E-state index in [4.69, 9.17) is 16.9 Å². The molecule has 1 aromatic carbocycles. The van der Waals surface area contributed by atoms with Crippen LogP contribution in [0, 0.1) is 17.1 Å². The molecular weight excluding hydrogens is 203 g/mol. The Bertz CT molecular complexity index is 360. The van der Waals surface area contributed by atoms with Crippen LogP contribution in [-0.2, 0) is 0 Å². The highest BCUT2D eigenvalue weighted by Crippen LogP contribution is 2.20. The third-order valence-corrected chi connectivity index (χ3v) is 2.11. The zero-order valence-electron chi connectivity index (χ0n) is 7.72. The van der Waals surface area contributed by atoms with Crippen molar-refractivity contribution in [1.29, 1.82) is 5.26 Å². The van der Waals surface area contributed by atoms with Gasteiger partial charge in [0.1, 0.15) is 11.9 Å². The second kappa shape index (κ2) is 4.83. The molecule has 2 nitrogen and oxygen atoms in total. The SMILES string of the molecule is CCC(C#N)Nc1ccc(F)c(Cl)c1. The number of nitrogens with zero attached hydrogens (tertiary/aromatic N) is 1. The molecule has 1 atom stereocenters. The van der Waals surface area contributed by atoms with Gasteiger partial charge in [-0.15, -0.1) is 0 Å². The van der Waals surface area contributed by atoms with Gasteiger partial charge in [0.15, 0.2) is 0 Å². The molecule has 0 aliphatic carbocycles. The maximum absolute atomic E-state index is 12.8. The summed E-state index contributed by atoms with van der Waals surface area (Å²) in [4.78, 5) is 0. The summed E-state index contributed by atoms with van der Waals surface area (Å²) in [5.41, 5.74) is 0.657. The highest BCUT2D eigenvalue weighted by molar-refractivity contribution is 6.31. The van der Waals surface area contributed by atoms with Gasteiger partial charge >= 0.3 is 0 Å². The Morgan fingerprint density at radius 3 is 2.86 bits per heavy atom. The molecule has 0 aromatic heterocycles. The summed E-state index contributed by atoms with van der Waals surface area (Å²) < 4.78 is 12.8. The van der Waals surface area contributed by atoms with E-state index in [0.29, 0.717) is 12.1 Å². The summed E-state index contributed by atoms with van der Waals surface area (Å²) in [5.74, 6) is -0.456. The summed E-state index contributed by atoms with van der Waals surface area (Å²) >= 11 is 5.59. The molecule has 1 aromatic rings. The third kappa shape index (κ3) is 2.61. The standard InChI is InChI=1S/C10H10ClFN2/c1-2-7(6-13)14-8-3-4-10(12)9(11)5-8/h3-5,7,14H,2H2,1H3. The van der Waals surface area contributed by atoms with Gasteiger partial charge in [-0.05, 0) is 24.6 Å². The van der Waals surface area contributed by atoms with Crippen LogP contribution >= 0.6 is 11.6 Å². The number of anilines is 1. The number of nitriles is 1. The molecule has 1 unspecified atom stereocenters. The van der Waals surface area contributed by atoms with E-state index in [0.717, 1.165) is 0 Å². The van der Waals surface area contributed by atoms with E-state index >= 15 is 0 Å². The molecule has 0 radical (unpaired) electrons. The van der Waals surface area contributed by atoms with Gasteiger partial charge in [0, 0.05) is 5.69 Å². The lowest BCUT2D eigenvalue weighted by Gasteiger charge is -2.10. The Morgan fingerprint density at radius 1 is 1.64 bits per heavy atom. The van der Waals surface area contributed by atoms with Gasteiger partial charge in [0.2, 0.25) is 0 Å². The molecule has 0 amide bonds. The van der Waals surface area contributed by atoms with Gasteiger partial charge in [-0.2, -0.15) is 5.26 Å². The smallest absolute Gasteiger partial charge is 0.141 e. The van der Waals surface area contributed by atoms with E-state index in [-0.39, 0.29) is 11.1 Å². The molecular formula is C10H10ClFN2. The molecule has 4 heteroatoms. The van der Waals surface area contributed by atoms with Crippen molar-refractivity contribution in [3.05, 3.63) is 29.0 Å². The Labute approximate surface area is 87.3 Å². The minimum Gasteiger partial charge on any atom is -0.370 e. The number of nitrogens with one attached hydrogen (secondary N) is 1. The van der Waals surface area contributed by atoms with Crippen LogP contribution in [0.1, 0.15) is 13.3 Å². The Kier molecular flexibility index (Phi) is 3.73. The highest BCUT2D eigenvalue weighted by Gasteiger charge is 2.05. The van der Waals surface area contributed by atoms with Crippen LogP contribution < -0.4 is 5.32 Å². The number of hydrogen-bond acceptors (Lipinski definition) is 2. The summed E-state index contributed by atoms with van der Waals surface area (Å²) in [6.45, 7) is 1.89. The van der Waals surface area contributed by atoms with Crippen LogP contribution in [0.5, 0.6) is 0 Å². The van der Waals surface area contributed by atoms with Crippen molar-refractivity contribution in [3.63, 3.8) is 0 Å².